The fraction of sp³-hybridized carbons (Fsp3) is 0.0769. The highest BCUT2D eigenvalue weighted by molar-refractivity contribution is 5.97. The van der Waals surface area contributed by atoms with Crippen molar-refractivity contribution in [2.75, 3.05) is 7.11 Å². The lowest BCUT2D eigenvalue weighted by molar-refractivity contribution is 0.0601. The fourth-order valence-electron chi connectivity index (χ4n) is 1.75. The van der Waals surface area contributed by atoms with Crippen molar-refractivity contribution in [3.63, 3.8) is 0 Å². The first-order valence-corrected chi connectivity index (χ1v) is 5.55. The molecule has 1 aromatic carbocycles. The summed E-state index contributed by atoms with van der Waals surface area (Å²) in [6.45, 7) is 0. The number of aromatic nitrogens is 1. The van der Waals surface area contributed by atoms with Crippen LogP contribution in [0.1, 0.15) is 10.4 Å². The molecule has 0 saturated carbocycles. The molecule has 1 heterocycles. The van der Waals surface area contributed by atoms with E-state index >= 15 is 0 Å². The maximum Gasteiger partial charge on any atom is 0.338 e. The van der Waals surface area contributed by atoms with Gasteiger partial charge in [-0.15, -0.1) is 0 Å². The Labute approximate surface area is 119 Å². The molecule has 1 aromatic heterocycles. The fourth-order valence-corrected chi connectivity index (χ4v) is 1.75. The number of methoxy groups -OCH3 is 1. The first kappa shape index (κ1) is 15.8. The van der Waals surface area contributed by atoms with Crippen molar-refractivity contribution in [3.8, 4) is 11.1 Å². The molecule has 0 radical (unpaired) electrons. The van der Waals surface area contributed by atoms with Gasteiger partial charge in [-0.1, -0.05) is 0 Å². The Bertz CT molecular complexity index is 749. The van der Waals surface area contributed by atoms with E-state index in [2.05, 4.69) is 9.72 Å². The second kappa shape index (κ2) is 5.66. The predicted molar refractivity (Wildman–Crippen MR) is 60.8 cm³/mol. The number of nitrogens with zero attached hydrogens (tertiary/aromatic N) is 1. The smallest absolute Gasteiger partial charge is 0.338 e. The van der Waals surface area contributed by atoms with Crippen LogP contribution in [0, 0.1) is 35.0 Å². The molecule has 0 fully saturated rings. The maximum atomic E-state index is 13.7. The van der Waals surface area contributed by atoms with Crippen LogP contribution in [0.5, 0.6) is 0 Å². The number of carbonyl (C=O) groups is 1. The Kier molecular flexibility index (Phi) is 4.07. The van der Waals surface area contributed by atoms with E-state index in [0.717, 1.165) is 7.11 Å². The van der Waals surface area contributed by atoms with Gasteiger partial charge in [0.1, 0.15) is 0 Å². The Balaban J connectivity index is 2.86. The lowest BCUT2D eigenvalue weighted by Gasteiger charge is -2.11. The lowest BCUT2D eigenvalue weighted by Crippen LogP contribution is -2.10. The van der Waals surface area contributed by atoms with Crippen LogP contribution in [0.15, 0.2) is 12.3 Å². The molecule has 0 aliphatic rings. The molecule has 0 saturated heterocycles. The molecule has 0 unspecified atom stereocenters. The average Bonchev–Trinajstić information content (AvgIpc) is 2.51. The van der Waals surface area contributed by atoms with Crippen molar-refractivity contribution in [2.24, 2.45) is 0 Å². The molecule has 2 rings (SSSR count). The second-order valence-corrected chi connectivity index (χ2v) is 3.99. The van der Waals surface area contributed by atoms with E-state index in [-0.39, 0.29) is 0 Å². The maximum absolute atomic E-state index is 13.7. The van der Waals surface area contributed by atoms with Gasteiger partial charge in [0.25, 0.3) is 0 Å². The van der Waals surface area contributed by atoms with Gasteiger partial charge in [-0.3, -0.25) is 0 Å². The van der Waals surface area contributed by atoms with Crippen molar-refractivity contribution in [1.82, 2.24) is 4.98 Å². The molecule has 0 aliphatic carbocycles. The summed E-state index contributed by atoms with van der Waals surface area (Å²) in [5, 5.41) is 0. The van der Waals surface area contributed by atoms with E-state index < -0.39 is 57.7 Å². The molecule has 2 aromatic rings. The Hall–Kier alpha value is -2.58. The van der Waals surface area contributed by atoms with Gasteiger partial charge in [-0.05, 0) is 0 Å². The largest absolute Gasteiger partial charge is 0.465 e. The summed E-state index contributed by atoms with van der Waals surface area (Å²) in [6, 6.07) is 0.458. The summed E-state index contributed by atoms with van der Waals surface area (Å²) < 4.78 is 84.3. The molecule has 22 heavy (non-hydrogen) atoms. The topological polar surface area (TPSA) is 39.2 Å². The molecule has 0 amide bonds. The number of carbonyl (C=O) groups excluding carboxylic acids is 1. The van der Waals surface area contributed by atoms with Gasteiger partial charge >= 0.3 is 5.97 Å². The molecule has 0 bridgehead atoms. The summed E-state index contributed by atoms with van der Waals surface area (Å²) >= 11 is 0. The molecular formula is C13H5F6NO2. The zero-order chi connectivity index (χ0) is 16.6. The van der Waals surface area contributed by atoms with Gasteiger partial charge in [0.2, 0.25) is 11.8 Å². The Morgan fingerprint density at radius 3 is 1.95 bits per heavy atom. The first-order chi connectivity index (χ1) is 10.3. The van der Waals surface area contributed by atoms with Gasteiger partial charge in [-0.2, -0.15) is 4.39 Å². The number of hydrogen-bond acceptors (Lipinski definition) is 3. The summed E-state index contributed by atoms with van der Waals surface area (Å²) in [5.74, 6) is -13.5. The highest BCUT2D eigenvalue weighted by Crippen LogP contribution is 2.33. The molecule has 0 N–H and O–H groups in total. The van der Waals surface area contributed by atoms with E-state index in [1.807, 2.05) is 0 Å². The lowest BCUT2D eigenvalue weighted by atomic mass is 10.00. The summed E-state index contributed by atoms with van der Waals surface area (Å²) in [5.41, 5.74) is -2.93. The van der Waals surface area contributed by atoms with Gasteiger partial charge in [0, 0.05) is 17.8 Å². The van der Waals surface area contributed by atoms with Crippen molar-refractivity contribution < 1.29 is 35.9 Å². The number of benzene rings is 1. The van der Waals surface area contributed by atoms with E-state index in [9.17, 15) is 31.1 Å². The van der Waals surface area contributed by atoms with Crippen molar-refractivity contribution in [2.45, 2.75) is 0 Å². The quantitative estimate of drug-likeness (QED) is 0.280. The third-order valence-corrected chi connectivity index (χ3v) is 2.76. The van der Waals surface area contributed by atoms with Crippen molar-refractivity contribution >= 4 is 5.97 Å². The Morgan fingerprint density at radius 1 is 0.955 bits per heavy atom. The standard InChI is InChI=1S/C13H5F6NO2/c1-22-13(21)4-2-6(14)20-3-5(4)7-8(15)10(17)12(19)11(18)9(7)16/h2-3H,1H3. The van der Waals surface area contributed by atoms with Gasteiger partial charge in [0.05, 0.1) is 18.2 Å². The van der Waals surface area contributed by atoms with E-state index in [1.165, 1.54) is 0 Å². The summed E-state index contributed by atoms with van der Waals surface area (Å²) in [7, 11) is 0.892. The van der Waals surface area contributed by atoms with Crippen LogP contribution in [0.4, 0.5) is 26.3 Å². The molecule has 9 heteroatoms. The average molecular weight is 321 g/mol. The number of rotatable bonds is 2. The number of halogens is 6. The van der Waals surface area contributed by atoms with Crippen molar-refractivity contribution in [1.29, 1.82) is 0 Å². The Morgan fingerprint density at radius 2 is 1.45 bits per heavy atom. The zero-order valence-corrected chi connectivity index (χ0v) is 10.7. The van der Waals surface area contributed by atoms with E-state index in [0.29, 0.717) is 12.3 Å². The van der Waals surface area contributed by atoms with Crippen molar-refractivity contribution in [3.05, 3.63) is 52.9 Å². The van der Waals surface area contributed by atoms with Crippen LogP contribution in [0.25, 0.3) is 11.1 Å². The van der Waals surface area contributed by atoms with Crippen LogP contribution in [-0.2, 0) is 4.74 Å². The van der Waals surface area contributed by atoms with Crippen LogP contribution in [-0.4, -0.2) is 18.1 Å². The minimum absolute atomic E-state index is 0.458. The summed E-state index contributed by atoms with van der Waals surface area (Å²) in [6.07, 6.45) is 0.472. The second-order valence-electron chi connectivity index (χ2n) is 3.99. The molecule has 3 nitrogen and oxygen atoms in total. The van der Waals surface area contributed by atoms with Gasteiger partial charge in [-0.25, -0.2) is 31.7 Å². The number of hydrogen-bond donors (Lipinski definition) is 0. The highest BCUT2D eigenvalue weighted by atomic mass is 19.2. The zero-order valence-electron chi connectivity index (χ0n) is 10.7. The van der Waals surface area contributed by atoms with Gasteiger partial charge in [0.15, 0.2) is 23.3 Å². The van der Waals surface area contributed by atoms with Crippen LogP contribution in [0.3, 0.4) is 0 Å². The SMILES string of the molecule is COC(=O)c1cc(F)ncc1-c1c(F)c(F)c(F)c(F)c1F. The van der Waals surface area contributed by atoms with E-state index in [4.69, 9.17) is 0 Å². The monoisotopic (exact) mass is 321 g/mol. The minimum Gasteiger partial charge on any atom is -0.465 e. The number of ether oxygens (including phenoxy) is 1. The third-order valence-electron chi connectivity index (χ3n) is 2.76. The molecule has 116 valence electrons. The first-order valence-electron chi connectivity index (χ1n) is 5.55. The minimum atomic E-state index is -2.35. The predicted octanol–water partition coefficient (Wildman–Crippen LogP) is 3.37. The number of pyridine rings is 1. The van der Waals surface area contributed by atoms with Crippen LogP contribution in [0.2, 0.25) is 0 Å². The van der Waals surface area contributed by atoms with Gasteiger partial charge < -0.3 is 4.74 Å². The molecule has 0 spiro atoms. The molecular weight excluding hydrogens is 316 g/mol. The molecule has 0 atom stereocenters. The van der Waals surface area contributed by atoms with E-state index in [1.54, 1.807) is 0 Å². The number of esters is 1. The highest BCUT2D eigenvalue weighted by Gasteiger charge is 2.29. The summed E-state index contributed by atoms with van der Waals surface area (Å²) in [4.78, 5) is 14.5. The van der Waals surface area contributed by atoms with Crippen LogP contribution < -0.4 is 0 Å². The molecule has 0 aliphatic heterocycles. The van der Waals surface area contributed by atoms with Crippen LogP contribution >= 0.6 is 0 Å². The normalized spacial score (nSPS) is 10.7. The third kappa shape index (κ3) is 2.38.